The first-order chi connectivity index (χ1) is 15.0. The van der Waals surface area contributed by atoms with Gasteiger partial charge in [-0.05, 0) is 55.0 Å². The lowest BCUT2D eigenvalue weighted by Gasteiger charge is -2.12. The minimum atomic E-state index is -0.0614. The van der Waals surface area contributed by atoms with E-state index in [1.807, 2.05) is 55.5 Å². The van der Waals surface area contributed by atoms with Gasteiger partial charge in [-0.25, -0.2) is 0 Å². The summed E-state index contributed by atoms with van der Waals surface area (Å²) in [5, 5.41) is 0. The number of likely N-dealkylation sites (N-methyl/N-ethyl adjacent to an activating group) is 1. The molecule has 0 radical (unpaired) electrons. The number of benzene rings is 2. The third kappa shape index (κ3) is 5.92. The molecule has 8 heteroatoms. The SMILES string of the molecule is CCN1C(=O)/C(=C\c2ccc(OCCCOc3ccc(OC)cc3)c(OC)c2)SC1=S. The van der Waals surface area contributed by atoms with Crippen LogP contribution in [0.15, 0.2) is 47.4 Å². The lowest BCUT2D eigenvalue weighted by Crippen LogP contribution is -2.27. The number of amides is 1. The highest BCUT2D eigenvalue weighted by molar-refractivity contribution is 8.26. The molecular weight excluding hydrogens is 434 g/mol. The predicted octanol–water partition coefficient (Wildman–Crippen LogP) is 4.77. The van der Waals surface area contributed by atoms with Gasteiger partial charge in [0.1, 0.15) is 15.8 Å². The van der Waals surface area contributed by atoms with E-state index in [1.165, 1.54) is 11.8 Å². The maximum absolute atomic E-state index is 12.4. The van der Waals surface area contributed by atoms with E-state index in [-0.39, 0.29) is 5.91 Å². The topological polar surface area (TPSA) is 57.2 Å². The van der Waals surface area contributed by atoms with Crippen molar-refractivity contribution in [2.75, 3.05) is 34.0 Å². The van der Waals surface area contributed by atoms with Crippen LogP contribution in [0.3, 0.4) is 0 Å². The zero-order valence-electron chi connectivity index (χ0n) is 17.8. The zero-order valence-corrected chi connectivity index (χ0v) is 19.4. The molecule has 164 valence electrons. The van der Waals surface area contributed by atoms with E-state index in [0.717, 1.165) is 23.5 Å². The smallest absolute Gasteiger partial charge is 0.266 e. The number of thiocarbonyl (C=S) groups is 1. The Kier molecular flexibility index (Phi) is 8.20. The van der Waals surface area contributed by atoms with Crippen LogP contribution in [0.4, 0.5) is 0 Å². The molecule has 0 unspecified atom stereocenters. The highest BCUT2D eigenvalue weighted by atomic mass is 32.2. The Morgan fingerprint density at radius 1 is 0.968 bits per heavy atom. The van der Waals surface area contributed by atoms with Crippen molar-refractivity contribution in [3.63, 3.8) is 0 Å². The molecule has 0 N–H and O–H groups in total. The van der Waals surface area contributed by atoms with Crippen molar-refractivity contribution >= 4 is 40.3 Å². The molecular formula is C23H25NO5S2. The number of ether oxygens (including phenoxy) is 4. The summed E-state index contributed by atoms with van der Waals surface area (Å²) >= 11 is 6.57. The largest absolute Gasteiger partial charge is 0.497 e. The minimum Gasteiger partial charge on any atom is -0.497 e. The highest BCUT2D eigenvalue weighted by Gasteiger charge is 2.30. The Morgan fingerprint density at radius 3 is 2.32 bits per heavy atom. The normalized spacial score (nSPS) is 14.8. The molecule has 2 aromatic rings. The van der Waals surface area contributed by atoms with E-state index >= 15 is 0 Å². The number of carbonyl (C=O) groups is 1. The predicted molar refractivity (Wildman–Crippen MR) is 127 cm³/mol. The maximum Gasteiger partial charge on any atom is 0.266 e. The molecule has 2 aromatic carbocycles. The first-order valence-electron chi connectivity index (χ1n) is 9.88. The van der Waals surface area contributed by atoms with Crippen LogP contribution >= 0.6 is 24.0 Å². The summed E-state index contributed by atoms with van der Waals surface area (Å²) in [6.07, 6.45) is 2.54. The molecule has 1 aliphatic rings. The number of rotatable bonds is 10. The van der Waals surface area contributed by atoms with Crippen molar-refractivity contribution in [1.29, 1.82) is 0 Å². The monoisotopic (exact) mass is 459 g/mol. The van der Waals surface area contributed by atoms with Gasteiger partial charge in [0, 0.05) is 13.0 Å². The molecule has 0 aliphatic carbocycles. The number of methoxy groups -OCH3 is 2. The molecule has 0 bridgehead atoms. The summed E-state index contributed by atoms with van der Waals surface area (Å²) in [6, 6.07) is 13.0. The van der Waals surface area contributed by atoms with Crippen molar-refractivity contribution in [3.05, 3.63) is 52.9 Å². The Morgan fingerprint density at radius 2 is 1.68 bits per heavy atom. The molecule has 1 saturated heterocycles. The molecule has 1 heterocycles. The molecule has 6 nitrogen and oxygen atoms in total. The number of hydrogen-bond acceptors (Lipinski definition) is 7. The Balaban J connectivity index is 1.53. The summed E-state index contributed by atoms with van der Waals surface area (Å²) in [5.41, 5.74) is 0.851. The van der Waals surface area contributed by atoms with E-state index < -0.39 is 0 Å². The van der Waals surface area contributed by atoms with E-state index in [9.17, 15) is 4.79 Å². The van der Waals surface area contributed by atoms with Crippen LogP contribution in [-0.4, -0.2) is 49.1 Å². The quantitative estimate of drug-likeness (QED) is 0.288. The number of carbonyl (C=O) groups excluding carboxylic acids is 1. The van der Waals surface area contributed by atoms with Crippen molar-refractivity contribution in [2.45, 2.75) is 13.3 Å². The first kappa shape index (κ1) is 23.0. The van der Waals surface area contributed by atoms with Crippen molar-refractivity contribution in [2.24, 2.45) is 0 Å². The van der Waals surface area contributed by atoms with Gasteiger partial charge in [-0.3, -0.25) is 9.69 Å². The van der Waals surface area contributed by atoms with Gasteiger partial charge < -0.3 is 18.9 Å². The van der Waals surface area contributed by atoms with Gasteiger partial charge in [0.15, 0.2) is 11.5 Å². The average molecular weight is 460 g/mol. The van der Waals surface area contributed by atoms with Crippen molar-refractivity contribution < 1.29 is 23.7 Å². The van der Waals surface area contributed by atoms with E-state index in [4.69, 9.17) is 31.2 Å². The second-order valence-electron chi connectivity index (χ2n) is 6.56. The summed E-state index contributed by atoms with van der Waals surface area (Å²) in [7, 11) is 3.22. The molecule has 1 aliphatic heterocycles. The van der Waals surface area contributed by atoms with Gasteiger partial charge in [0.2, 0.25) is 0 Å². The van der Waals surface area contributed by atoms with Gasteiger partial charge in [0.25, 0.3) is 5.91 Å². The Labute approximate surface area is 192 Å². The highest BCUT2D eigenvalue weighted by Crippen LogP contribution is 2.34. The van der Waals surface area contributed by atoms with Gasteiger partial charge in [-0.15, -0.1) is 0 Å². The fourth-order valence-electron chi connectivity index (χ4n) is 2.92. The number of hydrogen-bond donors (Lipinski definition) is 0. The zero-order chi connectivity index (χ0) is 22.2. The average Bonchev–Trinajstić information content (AvgIpc) is 3.06. The van der Waals surface area contributed by atoms with Crippen LogP contribution in [0, 0.1) is 0 Å². The summed E-state index contributed by atoms with van der Waals surface area (Å²) < 4.78 is 22.7. The second-order valence-corrected chi connectivity index (χ2v) is 8.24. The Bertz CT molecular complexity index is 959. The van der Waals surface area contributed by atoms with Crippen LogP contribution < -0.4 is 18.9 Å². The van der Waals surface area contributed by atoms with Gasteiger partial charge in [-0.1, -0.05) is 30.0 Å². The lowest BCUT2D eigenvalue weighted by atomic mass is 10.2. The van der Waals surface area contributed by atoms with Gasteiger partial charge in [-0.2, -0.15) is 0 Å². The molecule has 0 aromatic heterocycles. The van der Waals surface area contributed by atoms with Gasteiger partial charge >= 0.3 is 0 Å². The molecule has 31 heavy (non-hydrogen) atoms. The number of nitrogens with zero attached hydrogens (tertiary/aromatic N) is 1. The standard InChI is InChI=1S/C23H25NO5S2/c1-4-24-22(25)21(31-23(24)30)15-16-6-11-19(20(14-16)27-3)29-13-5-12-28-18-9-7-17(26-2)8-10-18/h6-11,14-15H,4-5,12-13H2,1-3H3/b21-15+. The van der Waals surface area contributed by atoms with E-state index in [1.54, 1.807) is 19.1 Å². The van der Waals surface area contributed by atoms with E-state index in [2.05, 4.69) is 0 Å². The molecule has 1 amide bonds. The summed E-state index contributed by atoms with van der Waals surface area (Å²) in [4.78, 5) is 14.6. The molecule has 1 fully saturated rings. The molecule has 0 saturated carbocycles. The van der Waals surface area contributed by atoms with Crippen molar-refractivity contribution in [1.82, 2.24) is 4.90 Å². The lowest BCUT2D eigenvalue weighted by molar-refractivity contribution is -0.121. The maximum atomic E-state index is 12.4. The van der Waals surface area contributed by atoms with Crippen LogP contribution in [0.5, 0.6) is 23.0 Å². The van der Waals surface area contributed by atoms with Gasteiger partial charge in [0.05, 0.1) is 32.3 Å². The molecule has 0 spiro atoms. The second kappa shape index (κ2) is 11.1. The van der Waals surface area contributed by atoms with E-state index in [0.29, 0.717) is 40.5 Å². The Hall–Kier alpha value is -2.71. The third-order valence-electron chi connectivity index (χ3n) is 4.55. The van der Waals surface area contributed by atoms with Crippen LogP contribution in [0.25, 0.3) is 6.08 Å². The fraction of sp³-hybridized carbons (Fsp3) is 0.304. The summed E-state index contributed by atoms with van der Waals surface area (Å²) in [6.45, 7) is 3.50. The fourth-order valence-corrected chi connectivity index (χ4v) is 4.30. The van der Waals surface area contributed by atoms with Crippen LogP contribution in [0.1, 0.15) is 18.9 Å². The van der Waals surface area contributed by atoms with Crippen LogP contribution in [-0.2, 0) is 4.79 Å². The molecule has 0 atom stereocenters. The molecule has 3 rings (SSSR count). The minimum absolute atomic E-state index is 0.0614. The van der Waals surface area contributed by atoms with Crippen molar-refractivity contribution in [3.8, 4) is 23.0 Å². The number of thioether (sulfide) groups is 1. The first-order valence-corrected chi connectivity index (χ1v) is 11.1. The third-order valence-corrected chi connectivity index (χ3v) is 5.93. The van der Waals surface area contributed by atoms with Crippen LogP contribution in [0.2, 0.25) is 0 Å². The summed E-state index contributed by atoms with van der Waals surface area (Å²) in [5.74, 6) is 2.77.